The molecule has 0 saturated heterocycles. The van der Waals surface area contributed by atoms with E-state index < -0.39 is 0 Å². The molecule has 3 rings (SSSR count). The van der Waals surface area contributed by atoms with Crippen LogP contribution >= 0.6 is 0 Å². The Labute approximate surface area is 98.8 Å². The van der Waals surface area contributed by atoms with E-state index in [-0.39, 0.29) is 23.7 Å². The smallest absolute Gasteiger partial charge is 0.244 e. The van der Waals surface area contributed by atoms with Crippen molar-refractivity contribution in [1.82, 2.24) is 5.32 Å². The van der Waals surface area contributed by atoms with Gasteiger partial charge >= 0.3 is 0 Å². The Bertz CT molecular complexity index is 557. The van der Waals surface area contributed by atoms with E-state index in [4.69, 9.17) is 0 Å². The van der Waals surface area contributed by atoms with Gasteiger partial charge in [0.25, 0.3) is 0 Å². The molecule has 0 bridgehead atoms. The van der Waals surface area contributed by atoms with Crippen LogP contribution in [-0.4, -0.2) is 17.7 Å². The van der Waals surface area contributed by atoms with Crippen LogP contribution in [0.4, 0.5) is 0 Å². The monoisotopic (exact) mass is 225 g/mol. The van der Waals surface area contributed by atoms with Crippen LogP contribution in [0.15, 0.2) is 42.5 Å². The molecule has 1 aromatic carbocycles. The number of carbonyl (C=O) groups is 2. The summed E-state index contributed by atoms with van der Waals surface area (Å²) in [7, 11) is 0. The molecule has 3 heteroatoms. The number of benzene rings is 1. The third kappa shape index (κ3) is 1.60. The molecule has 1 aromatic rings. The average Bonchev–Trinajstić information content (AvgIpc) is 2.48. The van der Waals surface area contributed by atoms with Gasteiger partial charge in [-0.3, -0.25) is 9.59 Å². The van der Waals surface area contributed by atoms with Crippen LogP contribution in [0.1, 0.15) is 15.9 Å². The van der Waals surface area contributed by atoms with Gasteiger partial charge in [-0.25, -0.2) is 0 Å². The highest BCUT2D eigenvalue weighted by atomic mass is 16.2. The number of carbonyl (C=O) groups excluding carboxylic acids is 2. The van der Waals surface area contributed by atoms with Gasteiger partial charge in [0.2, 0.25) is 5.91 Å². The minimum Gasteiger partial charge on any atom is -0.345 e. The molecule has 1 N–H and O–H groups in total. The van der Waals surface area contributed by atoms with E-state index in [1.54, 1.807) is 6.08 Å². The Morgan fingerprint density at radius 2 is 1.82 bits per heavy atom. The van der Waals surface area contributed by atoms with Crippen molar-refractivity contribution < 1.29 is 9.59 Å². The van der Waals surface area contributed by atoms with Gasteiger partial charge in [0.15, 0.2) is 5.78 Å². The molecular formula is C14H11NO2. The molecule has 0 spiro atoms. The first-order valence-corrected chi connectivity index (χ1v) is 5.56. The Balaban J connectivity index is 2.11. The lowest BCUT2D eigenvalue weighted by Gasteiger charge is -2.23. The Kier molecular flexibility index (Phi) is 2.18. The highest BCUT2D eigenvalue weighted by Crippen LogP contribution is 2.25. The molecule has 0 fully saturated rings. The fourth-order valence-electron chi connectivity index (χ4n) is 2.28. The predicted octanol–water partition coefficient (Wildman–Crippen LogP) is 1.57. The quantitative estimate of drug-likeness (QED) is 0.728. The second-order valence-electron chi connectivity index (χ2n) is 4.23. The topological polar surface area (TPSA) is 46.2 Å². The molecule has 2 aliphatic rings. The second-order valence-corrected chi connectivity index (χ2v) is 4.23. The lowest BCUT2D eigenvalue weighted by atomic mass is 9.89. The molecule has 3 nitrogen and oxygen atoms in total. The minimum absolute atomic E-state index is 0.0619. The predicted molar refractivity (Wildman–Crippen MR) is 64.4 cm³/mol. The van der Waals surface area contributed by atoms with Gasteiger partial charge < -0.3 is 5.32 Å². The molecule has 1 heterocycles. The number of nitrogens with one attached hydrogen (secondary N) is 1. The second kappa shape index (κ2) is 3.70. The van der Waals surface area contributed by atoms with Crippen LogP contribution in [0.25, 0.3) is 6.08 Å². The van der Waals surface area contributed by atoms with Gasteiger partial charge in [-0.15, -0.1) is 0 Å². The first-order chi connectivity index (χ1) is 8.25. The number of rotatable bonds is 0. The summed E-state index contributed by atoms with van der Waals surface area (Å²) in [5, 5.41) is 2.79. The maximum Gasteiger partial charge on any atom is 0.244 e. The molecule has 1 aliphatic carbocycles. The minimum atomic E-state index is -0.285. The zero-order valence-corrected chi connectivity index (χ0v) is 9.09. The van der Waals surface area contributed by atoms with Crippen molar-refractivity contribution in [1.29, 1.82) is 0 Å². The molecule has 0 aromatic heterocycles. The fraction of sp³-hybridized carbons (Fsp3) is 0.143. The van der Waals surface area contributed by atoms with Crippen molar-refractivity contribution in [2.45, 2.75) is 6.04 Å². The first-order valence-electron chi connectivity index (χ1n) is 5.56. The Morgan fingerprint density at radius 3 is 2.71 bits per heavy atom. The van der Waals surface area contributed by atoms with E-state index in [2.05, 4.69) is 5.32 Å². The third-order valence-electron chi connectivity index (χ3n) is 3.16. The van der Waals surface area contributed by atoms with Gasteiger partial charge in [0.05, 0.1) is 12.0 Å². The SMILES string of the molecule is O=C1C=CC2C(=O)c3ccccc3C=CC2N1. The van der Waals surface area contributed by atoms with Gasteiger partial charge in [-0.1, -0.05) is 42.5 Å². The van der Waals surface area contributed by atoms with Crippen molar-refractivity contribution in [3.05, 3.63) is 53.6 Å². The number of Topliss-reactive ketones (excluding diaryl/α,β-unsaturated/α-hetero) is 1. The summed E-state index contributed by atoms with van der Waals surface area (Å²) >= 11 is 0. The molecule has 0 radical (unpaired) electrons. The molecular weight excluding hydrogens is 214 g/mol. The molecule has 2 unspecified atom stereocenters. The summed E-state index contributed by atoms with van der Waals surface area (Å²) in [6, 6.07) is 7.27. The van der Waals surface area contributed by atoms with E-state index >= 15 is 0 Å². The maximum absolute atomic E-state index is 12.3. The van der Waals surface area contributed by atoms with Gasteiger partial charge in [0, 0.05) is 5.56 Å². The summed E-state index contributed by atoms with van der Waals surface area (Å²) in [6.45, 7) is 0. The van der Waals surface area contributed by atoms with Crippen LogP contribution in [-0.2, 0) is 4.79 Å². The molecule has 0 saturated carbocycles. The zero-order chi connectivity index (χ0) is 11.8. The van der Waals surface area contributed by atoms with Crippen LogP contribution < -0.4 is 5.32 Å². The van der Waals surface area contributed by atoms with E-state index in [0.29, 0.717) is 0 Å². The van der Waals surface area contributed by atoms with Crippen LogP contribution in [0.3, 0.4) is 0 Å². The van der Waals surface area contributed by atoms with Crippen molar-refractivity contribution in [3.8, 4) is 0 Å². The normalized spacial score (nSPS) is 25.9. The highest BCUT2D eigenvalue weighted by molar-refractivity contribution is 6.05. The molecule has 84 valence electrons. The lowest BCUT2D eigenvalue weighted by Crippen LogP contribution is -2.43. The largest absolute Gasteiger partial charge is 0.345 e. The van der Waals surface area contributed by atoms with E-state index in [0.717, 1.165) is 11.1 Å². The van der Waals surface area contributed by atoms with E-state index in [1.165, 1.54) is 6.08 Å². The highest BCUT2D eigenvalue weighted by Gasteiger charge is 2.31. The number of amides is 1. The standard InChI is InChI=1S/C14H11NO2/c16-13-8-6-11-12(15-13)7-5-9-3-1-2-4-10(9)14(11)17/h1-8,11-12H,(H,15,16). The van der Waals surface area contributed by atoms with Crippen LogP contribution in [0.2, 0.25) is 0 Å². The summed E-state index contributed by atoms with van der Waals surface area (Å²) in [6.07, 6.45) is 6.91. The summed E-state index contributed by atoms with van der Waals surface area (Å²) in [5.74, 6) is -0.367. The van der Waals surface area contributed by atoms with Gasteiger partial charge in [0.1, 0.15) is 0 Å². The van der Waals surface area contributed by atoms with Gasteiger partial charge in [-0.05, 0) is 11.6 Å². The molecule has 17 heavy (non-hydrogen) atoms. The number of fused-ring (bicyclic) bond motifs is 2. The number of ketones is 1. The summed E-state index contributed by atoms with van der Waals surface area (Å²) < 4.78 is 0. The first kappa shape index (κ1) is 10.0. The van der Waals surface area contributed by atoms with Crippen molar-refractivity contribution >= 4 is 17.8 Å². The maximum atomic E-state index is 12.3. The third-order valence-corrected chi connectivity index (χ3v) is 3.16. The molecule has 2 atom stereocenters. The number of hydrogen-bond acceptors (Lipinski definition) is 2. The van der Waals surface area contributed by atoms with Crippen molar-refractivity contribution in [2.75, 3.05) is 0 Å². The Hall–Kier alpha value is -2.16. The van der Waals surface area contributed by atoms with Crippen LogP contribution in [0, 0.1) is 5.92 Å². The zero-order valence-electron chi connectivity index (χ0n) is 9.09. The fourth-order valence-corrected chi connectivity index (χ4v) is 2.28. The van der Waals surface area contributed by atoms with Crippen molar-refractivity contribution in [3.63, 3.8) is 0 Å². The van der Waals surface area contributed by atoms with E-state index in [9.17, 15) is 9.59 Å². The Morgan fingerprint density at radius 1 is 1.00 bits per heavy atom. The van der Waals surface area contributed by atoms with E-state index in [1.807, 2.05) is 36.4 Å². The van der Waals surface area contributed by atoms with Gasteiger partial charge in [-0.2, -0.15) is 0 Å². The van der Waals surface area contributed by atoms with Crippen LogP contribution in [0.5, 0.6) is 0 Å². The number of hydrogen-bond donors (Lipinski definition) is 1. The summed E-state index contributed by atoms with van der Waals surface area (Å²) in [5.41, 5.74) is 1.63. The average molecular weight is 225 g/mol. The molecule has 1 amide bonds. The lowest BCUT2D eigenvalue weighted by molar-refractivity contribution is -0.117. The van der Waals surface area contributed by atoms with Crippen molar-refractivity contribution in [2.24, 2.45) is 5.92 Å². The summed E-state index contributed by atoms with van der Waals surface area (Å²) in [4.78, 5) is 23.6. The molecule has 1 aliphatic heterocycles.